The number of hydrogen-bond donors (Lipinski definition) is 1. The Kier molecular flexibility index (Phi) is 3.32. The molecule has 0 aliphatic rings. The van der Waals surface area contributed by atoms with E-state index in [1.807, 2.05) is 45.0 Å². The first kappa shape index (κ1) is 10.1. The van der Waals surface area contributed by atoms with Crippen molar-refractivity contribution in [2.45, 2.75) is 32.9 Å². The molecule has 2 N–H and O–H groups in total. The van der Waals surface area contributed by atoms with Crippen LogP contribution in [0.1, 0.15) is 19.4 Å². The van der Waals surface area contributed by atoms with Crippen LogP contribution in [0.4, 0.5) is 0 Å². The highest BCUT2D eigenvalue weighted by atomic mass is 16.5. The number of benzene rings is 1. The molecule has 0 aliphatic heterocycles. The van der Waals surface area contributed by atoms with Crippen LogP contribution in [0.3, 0.4) is 0 Å². The zero-order chi connectivity index (χ0) is 9.84. The molecule has 0 aliphatic carbocycles. The molecule has 0 amide bonds. The average Bonchev–Trinajstić information content (AvgIpc) is 2.08. The highest BCUT2D eigenvalue weighted by Gasteiger charge is 2.09. The Balaban J connectivity index is 2.69. The number of ether oxygens (including phenoxy) is 1. The lowest BCUT2D eigenvalue weighted by Crippen LogP contribution is -2.33. The molecule has 2 heteroatoms. The molecule has 2 atom stereocenters. The number of hydrogen-bond acceptors (Lipinski definition) is 2. The monoisotopic (exact) mass is 179 g/mol. The van der Waals surface area contributed by atoms with Gasteiger partial charge in [-0.15, -0.1) is 0 Å². The number of nitrogens with two attached hydrogens (primary N) is 1. The normalized spacial score (nSPS) is 15.1. The number of rotatable bonds is 3. The van der Waals surface area contributed by atoms with Gasteiger partial charge in [0.05, 0.1) is 0 Å². The Labute approximate surface area is 79.7 Å². The molecule has 1 aromatic carbocycles. The van der Waals surface area contributed by atoms with Crippen molar-refractivity contribution in [2.75, 3.05) is 0 Å². The Morgan fingerprint density at radius 3 is 2.38 bits per heavy atom. The predicted octanol–water partition coefficient (Wildman–Crippen LogP) is 2.11. The summed E-state index contributed by atoms with van der Waals surface area (Å²) in [5.74, 6) is 0.923. The lowest BCUT2D eigenvalue weighted by Gasteiger charge is -2.19. The summed E-state index contributed by atoms with van der Waals surface area (Å²) in [6.45, 7) is 5.96. The molecule has 0 saturated heterocycles. The molecule has 1 aromatic rings. The number of aryl methyl sites for hydroxylation is 1. The van der Waals surface area contributed by atoms with Crippen LogP contribution in [-0.2, 0) is 0 Å². The van der Waals surface area contributed by atoms with Gasteiger partial charge in [-0.25, -0.2) is 0 Å². The van der Waals surface area contributed by atoms with Crippen LogP contribution in [0.15, 0.2) is 24.3 Å². The lowest BCUT2D eigenvalue weighted by atomic mass is 10.2. The second kappa shape index (κ2) is 4.28. The van der Waals surface area contributed by atoms with Crippen molar-refractivity contribution in [2.24, 2.45) is 5.73 Å². The highest BCUT2D eigenvalue weighted by molar-refractivity contribution is 5.31. The fourth-order valence-corrected chi connectivity index (χ4v) is 0.996. The summed E-state index contributed by atoms with van der Waals surface area (Å²) in [6.07, 6.45) is 0.0566. The standard InChI is InChI=1S/C11H17NO/c1-8-6-4-5-7-11(8)13-10(3)9(2)12/h4-7,9-10H,12H2,1-3H3/t9-,10?/m0/s1. The zero-order valence-corrected chi connectivity index (χ0v) is 8.45. The van der Waals surface area contributed by atoms with Gasteiger partial charge >= 0.3 is 0 Å². The van der Waals surface area contributed by atoms with E-state index in [4.69, 9.17) is 10.5 Å². The predicted molar refractivity (Wildman–Crippen MR) is 54.9 cm³/mol. The molecule has 0 spiro atoms. The lowest BCUT2D eigenvalue weighted by molar-refractivity contribution is 0.195. The van der Waals surface area contributed by atoms with E-state index >= 15 is 0 Å². The molecule has 0 heterocycles. The third-order valence-corrected chi connectivity index (χ3v) is 2.15. The van der Waals surface area contributed by atoms with E-state index in [1.165, 1.54) is 0 Å². The van der Waals surface area contributed by atoms with Gasteiger partial charge in [0, 0.05) is 6.04 Å². The van der Waals surface area contributed by atoms with Gasteiger partial charge in [-0.2, -0.15) is 0 Å². The van der Waals surface area contributed by atoms with Crippen molar-refractivity contribution < 1.29 is 4.74 Å². The van der Waals surface area contributed by atoms with Crippen molar-refractivity contribution in [1.29, 1.82) is 0 Å². The van der Waals surface area contributed by atoms with Crippen LogP contribution in [0.2, 0.25) is 0 Å². The van der Waals surface area contributed by atoms with Crippen molar-refractivity contribution in [3.8, 4) is 5.75 Å². The second-order valence-electron chi connectivity index (χ2n) is 3.45. The molecule has 0 saturated carbocycles. The van der Waals surface area contributed by atoms with E-state index in [1.54, 1.807) is 0 Å². The molecular formula is C11H17NO. The van der Waals surface area contributed by atoms with Crippen molar-refractivity contribution in [3.63, 3.8) is 0 Å². The highest BCUT2D eigenvalue weighted by Crippen LogP contribution is 2.18. The van der Waals surface area contributed by atoms with Gasteiger partial charge in [-0.3, -0.25) is 0 Å². The van der Waals surface area contributed by atoms with Crippen LogP contribution in [-0.4, -0.2) is 12.1 Å². The van der Waals surface area contributed by atoms with Crippen LogP contribution < -0.4 is 10.5 Å². The molecule has 72 valence electrons. The van der Waals surface area contributed by atoms with E-state index in [0.717, 1.165) is 11.3 Å². The Bertz CT molecular complexity index is 271. The number of para-hydroxylation sites is 1. The van der Waals surface area contributed by atoms with Gasteiger partial charge in [0.2, 0.25) is 0 Å². The maximum atomic E-state index is 5.71. The summed E-state index contributed by atoms with van der Waals surface area (Å²) in [4.78, 5) is 0. The molecule has 1 unspecified atom stereocenters. The van der Waals surface area contributed by atoms with Crippen LogP contribution in [0.25, 0.3) is 0 Å². The zero-order valence-electron chi connectivity index (χ0n) is 8.45. The largest absolute Gasteiger partial charge is 0.489 e. The molecule has 1 rings (SSSR count). The van der Waals surface area contributed by atoms with E-state index < -0.39 is 0 Å². The first-order valence-electron chi connectivity index (χ1n) is 4.59. The molecule has 13 heavy (non-hydrogen) atoms. The smallest absolute Gasteiger partial charge is 0.122 e. The third-order valence-electron chi connectivity index (χ3n) is 2.15. The summed E-state index contributed by atoms with van der Waals surface area (Å²) in [7, 11) is 0. The van der Waals surface area contributed by atoms with Gasteiger partial charge in [-0.1, -0.05) is 18.2 Å². The summed E-state index contributed by atoms with van der Waals surface area (Å²) in [5, 5.41) is 0. The van der Waals surface area contributed by atoms with Crippen molar-refractivity contribution in [3.05, 3.63) is 29.8 Å². The quantitative estimate of drug-likeness (QED) is 0.771. The van der Waals surface area contributed by atoms with E-state index in [-0.39, 0.29) is 12.1 Å². The summed E-state index contributed by atoms with van der Waals surface area (Å²) in [5.41, 5.74) is 6.86. The summed E-state index contributed by atoms with van der Waals surface area (Å²) in [6, 6.07) is 8.02. The topological polar surface area (TPSA) is 35.2 Å². The Hall–Kier alpha value is -1.02. The van der Waals surface area contributed by atoms with Gasteiger partial charge in [-0.05, 0) is 32.4 Å². The maximum Gasteiger partial charge on any atom is 0.122 e. The Morgan fingerprint density at radius 2 is 1.85 bits per heavy atom. The first-order chi connectivity index (χ1) is 6.11. The molecular weight excluding hydrogens is 162 g/mol. The third kappa shape index (κ3) is 2.74. The van der Waals surface area contributed by atoms with Gasteiger partial charge in [0.15, 0.2) is 0 Å². The van der Waals surface area contributed by atoms with Gasteiger partial charge in [0.1, 0.15) is 11.9 Å². The van der Waals surface area contributed by atoms with Crippen LogP contribution in [0, 0.1) is 6.92 Å². The first-order valence-corrected chi connectivity index (χ1v) is 4.59. The fraction of sp³-hybridized carbons (Fsp3) is 0.455. The van der Waals surface area contributed by atoms with Gasteiger partial charge in [0.25, 0.3) is 0 Å². The Morgan fingerprint density at radius 1 is 1.23 bits per heavy atom. The van der Waals surface area contributed by atoms with E-state index in [2.05, 4.69) is 0 Å². The van der Waals surface area contributed by atoms with Crippen molar-refractivity contribution in [1.82, 2.24) is 0 Å². The van der Waals surface area contributed by atoms with E-state index in [9.17, 15) is 0 Å². The van der Waals surface area contributed by atoms with Gasteiger partial charge < -0.3 is 10.5 Å². The SMILES string of the molecule is Cc1ccccc1OC(C)[C@H](C)N. The molecule has 2 nitrogen and oxygen atoms in total. The molecule has 0 aromatic heterocycles. The summed E-state index contributed by atoms with van der Waals surface area (Å²) >= 11 is 0. The average molecular weight is 179 g/mol. The molecule has 0 radical (unpaired) electrons. The maximum absolute atomic E-state index is 5.71. The summed E-state index contributed by atoms with van der Waals surface area (Å²) < 4.78 is 5.68. The minimum Gasteiger partial charge on any atom is -0.489 e. The van der Waals surface area contributed by atoms with Crippen LogP contribution >= 0.6 is 0 Å². The molecule has 0 bridgehead atoms. The minimum atomic E-state index is 0.0552. The van der Waals surface area contributed by atoms with E-state index in [0.29, 0.717) is 0 Å². The minimum absolute atomic E-state index is 0.0552. The molecule has 0 fully saturated rings. The fourth-order valence-electron chi connectivity index (χ4n) is 0.996. The van der Waals surface area contributed by atoms with Crippen LogP contribution in [0.5, 0.6) is 5.75 Å². The second-order valence-corrected chi connectivity index (χ2v) is 3.45. The van der Waals surface area contributed by atoms with Crippen molar-refractivity contribution >= 4 is 0 Å².